The van der Waals surface area contributed by atoms with E-state index in [0.29, 0.717) is 0 Å². The van der Waals surface area contributed by atoms with Crippen molar-refractivity contribution >= 4 is 11.7 Å². The quantitative estimate of drug-likeness (QED) is 0.828. The first-order valence-electron chi connectivity index (χ1n) is 6.55. The SMILES string of the molecule is C[C@H]1CC[C@H](C)N1C(=O)Nc1cccc(C(F)(F)F)c1. The van der Waals surface area contributed by atoms with E-state index in [1.807, 2.05) is 13.8 Å². The first-order chi connectivity index (χ1) is 9.29. The van der Waals surface area contributed by atoms with Gasteiger partial charge in [-0.1, -0.05) is 6.07 Å². The molecule has 1 aromatic rings. The number of urea groups is 1. The Labute approximate surface area is 115 Å². The number of anilines is 1. The van der Waals surface area contributed by atoms with E-state index < -0.39 is 11.7 Å². The molecule has 1 fully saturated rings. The average molecular weight is 286 g/mol. The third-order valence-corrected chi connectivity index (χ3v) is 3.63. The number of hydrogen-bond acceptors (Lipinski definition) is 1. The van der Waals surface area contributed by atoms with Gasteiger partial charge in [0.05, 0.1) is 5.56 Å². The summed E-state index contributed by atoms with van der Waals surface area (Å²) in [5, 5.41) is 2.54. The second kappa shape index (κ2) is 5.34. The molecule has 1 N–H and O–H groups in total. The van der Waals surface area contributed by atoms with Crippen LogP contribution in [0.3, 0.4) is 0 Å². The molecular formula is C14H17F3N2O. The predicted octanol–water partition coefficient (Wildman–Crippen LogP) is 4.11. The predicted molar refractivity (Wildman–Crippen MR) is 70.5 cm³/mol. The van der Waals surface area contributed by atoms with Gasteiger partial charge < -0.3 is 10.2 Å². The standard InChI is InChI=1S/C14H17F3N2O/c1-9-6-7-10(2)19(9)13(20)18-12-5-3-4-11(8-12)14(15,16)17/h3-5,8-10H,6-7H2,1-2H3,(H,18,20)/t9-,10-/m0/s1. The first-order valence-corrected chi connectivity index (χ1v) is 6.55. The second-order valence-electron chi connectivity index (χ2n) is 5.19. The maximum Gasteiger partial charge on any atom is 0.416 e. The van der Waals surface area contributed by atoms with Crippen LogP contribution in [-0.4, -0.2) is 23.0 Å². The van der Waals surface area contributed by atoms with E-state index >= 15 is 0 Å². The van der Waals surface area contributed by atoms with Crippen LogP contribution in [0.2, 0.25) is 0 Å². The Morgan fingerprint density at radius 1 is 1.25 bits per heavy atom. The van der Waals surface area contributed by atoms with Crippen LogP contribution in [0.1, 0.15) is 32.3 Å². The maximum absolute atomic E-state index is 12.6. The van der Waals surface area contributed by atoms with Crippen molar-refractivity contribution in [1.29, 1.82) is 0 Å². The Balaban J connectivity index is 2.12. The van der Waals surface area contributed by atoms with Gasteiger partial charge in [0.15, 0.2) is 0 Å². The number of likely N-dealkylation sites (tertiary alicyclic amines) is 1. The monoisotopic (exact) mass is 286 g/mol. The summed E-state index contributed by atoms with van der Waals surface area (Å²) in [4.78, 5) is 13.8. The molecule has 1 aliphatic heterocycles. The molecule has 0 bridgehead atoms. The van der Waals surface area contributed by atoms with E-state index in [9.17, 15) is 18.0 Å². The van der Waals surface area contributed by atoms with Crippen molar-refractivity contribution in [3.63, 3.8) is 0 Å². The molecule has 1 aromatic carbocycles. The second-order valence-corrected chi connectivity index (χ2v) is 5.19. The van der Waals surface area contributed by atoms with E-state index in [0.717, 1.165) is 25.0 Å². The Morgan fingerprint density at radius 2 is 1.85 bits per heavy atom. The van der Waals surface area contributed by atoms with Crippen LogP contribution in [0.5, 0.6) is 0 Å². The molecule has 110 valence electrons. The molecule has 20 heavy (non-hydrogen) atoms. The number of carbonyl (C=O) groups excluding carboxylic acids is 1. The van der Waals surface area contributed by atoms with Gasteiger partial charge in [-0.25, -0.2) is 4.79 Å². The summed E-state index contributed by atoms with van der Waals surface area (Å²) >= 11 is 0. The molecule has 0 saturated carbocycles. The highest BCUT2D eigenvalue weighted by molar-refractivity contribution is 5.90. The minimum Gasteiger partial charge on any atom is -0.319 e. The van der Waals surface area contributed by atoms with E-state index in [4.69, 9.17) is 0 Å². The van der Waals surface area contributed by atoms with E-state index in [1.165, 1.54) is 12.1 Å². The van der Waals surface area contributed by atoms with Gasteiger partial charge in [0.1, 0.15) is 0 Å². The lowest BCUT2D eigenvalue weighted by atomic mass is 10.2. The summed E-state index contributed by atoms with van der Waals surface area (Å²) in [6, 6.07) is 4.54. The lowest BCUT2D eigenvalue weighted by molar-refractivity contribution is -0.137. The third-order valence-electron chi connectivity index (χ3n) is 3.63. The molecule has 0 radical (unpaired) electrons. The summed E-state index contributed by atoms with van der Waals surface area (Å²) in [6.45, 7) is 3.88. The topological polar surface area (TPSA) is 32.3 Å². The summed E-state index contributed by atoms with van der Waals surface area (Å²) in [5.74, 6) is 0. The Morgan fingerprint density at radius 3 is 2.40 bits per heavy atom. The van der Waals surface area contributed by atoms with Crippen LogP contribution in [0, 0.1) is 0 Å². The van der Waals surface area contributed by atoms with Crippen LogP contribution in [0.25, 0.3) is 0 Å². The number of amides is 2. The van der Waals surface area contributed by atoms with Crippen molar-refractivity contribution in [2.24, 2.45) is 0 Å². The minimum absolute atomic E-state index is 0.107. The van der Waals surface area contributed by atoms with Crippen molar-refractivity contribution in [1.82, 2.24) is 4.90 Å². The molecule has 2 atom stereocenters. The molecule has 3 nitrogen and oxygen atoms in total. The minimum atomic E-state index is -4.41. The lowest BCUT2D eigenvalue weighted by Gasteiger charge is -2.26. The molecule has 1 heterocycles. The Kier molecular flexibility index (Phi) is 3.92. The number of alkyl halides is 3. The fourth-order valence-electron chi connectivity index (χ4n) is 2.56. The zero-order valence-corrected chi connectivity index (χ0v) is 11.4. The van der Waals surface area contributed by atoms with Gasteiger partial charge in [-0.05, 0) is 44.9 Å². The largest absolute Gasteiger partial charge is 0.416 e. The van der Waals surface area contributed by atoms with Crippen LogP contribution < -0.4 is 5.32 Å². The van der Waals surface area contributed by atoms with Crippen molar-refractivity contribution in [3.8, 4) is 0 Å². The average Bonchev–Trinajstić information content (AvgIpc) is 2.68. The van der Waals surface area contributed by atoms with Gasteiger partial charge in [-0.15, -0.1) is 0 Å². The smallest absolute Gasteiger partial charge is 0.319 e. The van der Waals surface area contributed by atoms with E-state index in [-0.39, 0.29) is 23.8 Å². The molecule has 0 aromatic heterocycles. The molecule has 0 aliphatic carbocycles. The molecule has 0 spiro atoms. The molecule has 1 saturated heterocycles. The molecular weight excluding hydrogens is 269 g/mol. The number of nitrogens with one attached hydrogen (secondary N) is 1. The molecule has 2 amide bonds. The van der Waals surface area contributed by atoms with Crippen molar-refractivity contribution in [3.05, 3.63) is 29.8 Å². The fourth-order valence-corrected chi connectivity index (χ4v) is 2.56. The number of nitrogens with zero attached hydrogens (tertiary/aromatic N) is 1. The number of rotatable bonds is 1. The normalized spacial score (nSPS) is 22.9. The lowest BCUT2D eigenvalue weighted by Crippen LogP contribution is -2.41. The third kappa shape index (κ3) is 3.05. The highest BCUT2D eigenvalue weighted by Crippen LogP contribution is 2.31. The zero-order chi connectivity index (χ0) is 14.9. The van der Waals surface area contributed by atoms with Crippen LogP contribution in [-0.2, 0) is 6.18 Å². The van der Waals surface area contributed by atoms with E-state index in [2.05, 4.69) is 5.32 Å². The van der Waals surface area contributed by atoms with E-state index in [1.54, 1.807) is 4.90 Å². The molecule has 6 heteroatoms. The summed E-state index contributed by atoms with van der Waals surface area (Å²) in [6.07, 6.45) is -2.58. The zero-order valence-electron chi connectivity index (χ0n) is 11.4. The van der Waals surface area contributed by atoms with Gasteiger partial charge in [0.2, 0.25) is 0 Å². The summed E-state index contributed by atoms with van der Waals surface area (Å²) < 4.78 is 37.8. The van der Waals surface area contributed by atoms with Gasteiger partial charge in [0, 0.05) is 17.8 Å². The van der Waals surface area contributed by atoms with Crippen molar-refractivity contribution in [2.75, 3.05) is 5.32 Å². The summed E-state index contributed by atoms with van der Waals surface area (Å²) in [7, 11) is 0. The fraction of sp³-hybridized carbons (Fsp3) is 0.500. The van der Waals surface area contributed by atoms with Crippen LogP contribution in [0.15, 0.2) is 24.3 Å². The van der Waals surface area contributed by atoms with Crippen LogP contribution in [0.4, 0.5) is 23.7 Å². The molecule has 2 rings (SSSR count). The van der Waals surface area contributed by atoms with Crippen LogP contribution >= 0.6 is 0 Å². The number of hydrogen-bond donors (Lipinski definition) is 1. The Bertz CT molecular complexity index is 491. The van der Waals surface area contributed by atoms with Crippen molar-refractivity contribution in [2.45, 2.75) is 44.9 Å². The highest BCUT2D eigenvalue weighted by atomic mass is 19.4. The number of halogens is 3. The first kappa shape index (κ1) is 14.7. The maximum atomic E-state index is 12.6. The highest BCUT2D eigenvalue weighted by Gasteiger charge is 2.33. The molecule has 1 aliphatic rings. The van der Waals surface area contributed by atoms with Crippen molar-refractivity contribution < 1.29 is 18.0 Å². The Hall–Kier alpha value is -1.72. The van der Waals surface area contributed by atoms with Gasteiger partial charge in [0.25, 0.3) is 0 Å². The van der Waals surface area contributed by atoms with Gasteiger partial charge in [-0.2, -0.15) is 13.2 Å². The van der Waals surface area contributed by atoms with Gasteiger partial charge in [-0.3, -0.25) is 0 Å². The molecule has 0 unspecified atom stereocenters. The number of carbonyl (C=O) groups is 1. The van der Waals surface area contributed by atoms with Gasteiger partial charge >= 0.3 is 12.2 Å². The number of benzene rings is 1. The summed E-state index contributed by atoms with van der Waals surface area (Å²) in [5.41, 5.74) is -0.603.